The predicted molar refractivity (Wildman–Crippen MR) is 111 cm³/mol. The Morgan fingerprint density at radius 1 is 0.857 bits per heavy atom. The molecule has 0 aliphatic rings. The zero-order chi connectivity index (χ0) is 19.8. The molecular formula is C23H22N2O3. The second-order valence-electron chi connectivity index (χ2n) is 6.22. The van der Waals surface area contributed by atoms with Gasteiger partial charge in [0.15, 0.2) is 5.75 Å². The first-order valence-corrected chi connectivity index (χ1v) is 9.08. The molecule has 0 saturated heterocycles. The van der Waals surface area contributed by atoms with Gasteiger partial charge in [-0.25, -0.2) is 0 Å². The second kappa shape index (κ2) is 9.37. The number of carbonyl (C=O) groups is 2. The summed E-state index contributed by atoms with van der Waals surface area (Å²) in [6.07, 6.45) is 0.175. The molecular weight excluding hydrogens is 352 g/mol. The third-order valence-electron chi connectivity index (χ3n) is 4.13. The number of nitrogens with one attached hydrogen (secondary N) is 1. The second-order valence-corrected chi connectivity index (χ2v) is 6.22. The van der Waals surface area contributed by atoms with Crippen LogP contribution in [0.15, 0.2) is 84.9 Å². The number of hydrogen-bond donors (Lipinski definition) is 1. The van der Waals surface area contributed by atoms with Gasteiger partial charge in [-0.05, 0) is 36.4 Å². The summed E-state index contributed by atoms with van der Waals surface area (Å²) < 4.78 is 5.95. The van der Waals surface area contributed by atoms with Gasteiger partial charge in [0.25, 0.3) is 0 Å². The summed E-state index contributed by atoms with van der Waals surface area (Å²) in [5, 5.41) is 2.83. The lowest BCUT2D eigenvalue weighted by atomic mass is 10.2. The van der Waals surface area contributed by atoms with Crippen molar-refractivity contribution >= 4 is 23.2 Å². The number of anilines is 2. The minimum atomic E-state index is -0.156. The molecule has 0 fully saturated rings. The summed E-state index contributed by atoms with van der Waals surface area (Å²) in [5.41, 5.74) is 1.36. The van der Waals surface area contributed by atoms with Crippen molar-refractivity contribution in [3.8, 4) is 11.5 Å². The van der Waals surface area contributed by atoms with Crippen molar-refractivity contribution in [3.63, 3.8) is 0 Å². The lowest BCUT2D eigenvalue weighted by Crippen LogP contribution is -2.32. The van der Waals surface area contributed by atoms with E-state index in [1.165, 1.54) is 6.92 Å². The van der Waals surface area contributed by atoms with Gasteiger partial charge < -0.3 is 15.0 Å². The Kier molecular flexibility index (Phi) is 6.41. The number of nitrogens with zero attached hydrogens (tertiary/aromatic N) is 1. The molecule has 0 unspecified atom stereocenters. The summed E-state index contributed by atoms with van der Waals surface area (Å²) in [6.45, 7) is 1.73. The molecule has 28 heavy (non-hydrogen) atoms. The zero-order valence-corrected chi connectivity index (χ0v) is 15.7. The Balaban J connectivity index is 1.72. The summed E-state index contributed by atoms with van der Waals surface area (Å²) in [7, 11) is 0. The third kappa shape index (κ3) is 5.20. The van der Waals surface area contributed by atoms with E-state index in [1.54, 1.807) is 4.90 Å². The van der Waals surface area contributed by atoms with Crippen LogP contribution in [-0.4, -0.2) is 18.4 Å². The van der Waals surface area contributed by atoms with Gasteiger partial charge in [0.2, 0.25) is 11.8 Å². The molecule has 0 spiro atoms. The highest BCUT2D eigenvalue weighted by Gasteiger charge is 2.18. The van der Waals surface area contributed by atoms with E-state index in [1.807, 2.05) is 84.9 Å². The Morgan fingerprint density at radius 2 is 1.46 bits per heavy atom. The van der Waals surface area contributed by atoms with Crippen LogP contribution in [0.2, 0.25) is 0 Å². The van der Waals surface area contributed by atoms with E-state index in [4.69, 9.17) is 4.74 Å². The molecule has 0 aliphatic heterocycles. The van der Waals surface area contributed by atoms with Crippen LogP contribution in [0, 0.1) is 0 Å². The van der Waals surface area contributed by atoms with E-state index in [0.717, 1.165) is 5.69 Å². The van der Waals surface area contributed by atoms with Gasteiger partial charge in [0.1, 0.15) is 5.75 Å². The fraction of sp³-hybridized carbons (Fsp3) is 0.130. The predicted octanol–water partition coefficient (Wildman–Crippen LogP) is 4.86. The van der Waals surface area contributed by atoms with E-state index in [9.17, 15) is 9.59 Å². The van der Waals surface area contributed by atoms with Crippen LogP contribution in [0.5, 0.6) is 11.5 Å². The Labute approximate surface area is 164 Å². The van der Waals surface area contributed by atoms with Gasteiger partial charge in [0, 0.05) is 25.6 Å². The number of amides is 2. The van der Waals surface area contributed by atoms with E-state index in [-0.39, 0.29) is 24.8 Å². The molecule has 142 valence electrons. The fourth-order valence-corrected chi connectivity index (χ4v) is 2.79. The summed E-state index contributed by atoms with van der Waals surface area (Å²) in [5.74, 6) is 0.933. The molecule has 0 radical (unpaired) electrons. The largest absolute Gasteiger partial charge is 0.455 e. The van der Waals surface area contributed by atoms with E-state index in [0.29, 0.717) is 17.2 Å². The summed E-state index contributed by atoms with van der Waals surface area (Å²) in [4.78, 5) is 26.1. The van der Waals surface area contributed by atoms with Crippen molar-refractivity contribution in [3.05, 3.63) is 84.9 Å². The molecule has 5 heteroatoms. The van der Waals surface area contributed by atoms with Crippen LogP contribution >= 0.6 is 0 Å². The summed E-state index contributed by atoms with van der Waals surface area (Å²) >= 11 is 0. The molecule has 0 aliphatic carbocycles. The quantitative estimate of drug-likeness (QED) is 0.642. The first kappa shape index (κ1) is 19.2. The highest BCUT2D eigenvalue weighted by atomic mass is 16.5. The minimum absolute atomic E-state index is 0.154. The molecule has 2 amide bonds. The van der Waals surface area contributed by atoms with Crippen molar-refractivity contribution in [1.29, 1.82) is 0 Å². The van der Waals surface area contributed by atoms with Crippen molar-refractivity contribution in [2.24, 2.45) is 0 Å². The van der Waals surface area contributed by atoms with E-state index in [2.05, 4.69) is 5.32 Å². The molecule has 3 aromatic carbocycles. The van der Waals surface area contributed by atoms with Gasteiger partial charge in [-0.3, -0.25) is 9.59 Å². The lowest BCUT2D eigenvalue weighted by Gasteiger charge is -2.23. The topological polar surface area (TPSA) is 58.6 Å². The van der Waals surface area contributed by atoms with Gasteiger partial charge in [-0.2, -0.15) is 0 Å². The number of hydrogen-bond acceptors (Lipinski definition) is 3. The van der Waals surface area contributed by atoms with Crippen LogP contribution < -0.4 is 15.0 Å². The van der Waals surface area contributed by atoms with Crippen molar-refractivity contribution < 1.29 is 14.3 Å². The molecule has 0 atom stereocenters. The SMILES string of the molecule is CC(=O)N(CCC(=O)Nc1ccccc1)c1ccccc1Oc1ccccc1. The number of carbonyl (C=O) groups excluding carboxylic acids is 2. The average molecular weight is 374 g/mol. The first-order chi connectivity index (χ1) is 13.6. The maximum absolute atomic E-state index is 12.3. The summed E-state index contributed by atoms with van der Waals surface area (Å²) in [6, 6.07) is 25.9. The molecule has 0 aromatic heterocycles. The van der Waals surface area contributed by atoms with Crippen molar-refractivity contribution in [2.45, 2.75) is 13.3 Å². The molecule has 1 N–H and O–H groups in total. The smallest absolute Gasteiger partial charge is 0.226 e. The Bertz CT molecular complexity index is 927. The standard InChI is InChI=1S/C23H22N2O3/c1-18(26)25(17-16-23(27)24-19-10-4-2-5-11-19)21-14-8-9-15-22(21)28-20-12-6-3-7-13-20/h2-15H,16-17H2,1H3,(H,24,27). The molecule has 0 heterocycles. The highest BCUT2D eigenvalue weighted by Crippen LogP contribution is 2.32. The van der Waals surface area contributed by atoms with E-state index < -0.39 is 0 Å². The highest BCUT2D eigenvalue weighted by molar-refractivity contribution is 5.95. The van der Waals surface area contributed by atoms with Gasteiger partial charge in [-0.1, -0.05) is 48.5 Å². The number of ether oxygens (including phenoxy) is 1. The molecule has 3 rings (SSSR count). The van der Waals surface area contributed by atoms with Crippen LogP contribution in [0.25, 0.3) is 0 Å². The van der Waals surface area contributed by atoms with Crippen molar-refractivity contribution in [2.75, 3.05) is 16.8 Å². The number of benzene rings is 3. The van der Waals surface area contributed by atoms with E-state index >= 15 is 0 Å². The third-order valence-corrected chi connectivity index (χ3v) is 4.13. The monoisotopic (exact) mass is 374 g/mol. The lowest BCUT2D eigenvalue weighted by molar-refractivity contribution is -0.117. The van der Waals surface area contributed by atoms with Gasteiger partial charge >= 0.3 is 0 Å². The fourth-order valence-electron chi connectivity index (χ4n) is 2.79. The first-order valence-electron chi connectivity index (χ1n) is 9.08. The van der Waals surface area contributed by atoms with Gasteiger partial charge in [-0.15, -0.1) is 0 Å². The van der Waals surface area contributed by atoms with Crippen LogP contribution in [0.4, 0.5) is 11.4 Å². The van der Waals surface area contributed by atoms with Crippen LogP contribution in [0.3, 0.4) is 0 Å². The zero-order valence-electron chi connectivity index (χ0n) is 15.7. The number of rotatable bonds is 7. The maximum Gasteiger partial charge on any atom is 0.226 e. The normalized spacial score (nSPS) is 10.2. The van der Waals surface area contributed by atoms with Gasteiger partial charge in [0.05, 0.1) is 5.69 Å². The molecule has 0 saturated carbocycles. The maximum atomic E-state index is 12.3. The minimum Gasteiger partial charge on any atom is -0.455 e. The molecule has 5 nitrogen and oxygen atoms in total. The average Bonchev–Trinajstić information content (AvgIpc) is 2.70. The van der Waals surface area contributed by atoms with Crippen molar-refractivity contribution in [1.82, 2.24) is 0 Å². The van der Waals surface area contributed by atoms with Crippen LogP contribution in [0.1, 0.15) is 13.3 Å². The molecule has 3 aromatic rings. The van der Waals surface area contributed by atoms with Crippen LogP contribution in [-0.2, 0) is 9.59 Å². The molecule has 0 bridgehead atoms. The Hall–Kier alpha value is -3.60. The Morgan fingerprint density at radius 3 is 2.14 bits per heavy atom. The number of para-hydroxylation sites is 4.